The number of aromatic nitrogens is 3. The van der Waals surface area contributed by atoms with Crippen LogP contribution in [0.2, 0.25) is 0 Å². The number of ether oxygens (including phenoxy) is 1. The summed E-state index contributed by atoms with van der Waals surface area (Å²) in [6, 6.07) is 4.93. The van der Waals surface area contributed by atoms with E-state index in [0.717, 1.165) is 23.7 Å². The molecule has 1 atom stereocenters. The normalized spacial score (nSPS) is 19.0. The quantitative estimate of drug-likeness (QED) is 0.778. The van der Waals surface area contributed by atoms with E-state index >= 15 is 0 Å². The van der Waals surface area contributed by atoms with Gasteiger partial charge in [-0.1, -0.05) is 0 Å². The van der Waals surface area contributed by atoms with Crippen LogP contribution in [-0.4, -0.2) is 47.7 Å². The maximum absolute atomic E-state index is 12.9. The molecule has 29 heavy (non-hydrogen) atoms. The lowest BCUT2D eigenvalue weighted by atomic mass is 10.1. The molecule has 10 heteroatoms. The third-order valence-corrected chi connectivity index (χ3v) is 5.35. The maximum Gasteiger partial charge on any atom is 0.433 e. The lowest BCUT2D eigenvalue weighted by Crippen LogP contribution is -2.35. The average Bonchev–Trinajstić information content (AvgIpc) is 3.21. The molecule has 4 heterocycles. The van der Waals surface area contributed by atoms with Gasteiger partial charge in [0.05, 0.1) is 24.5 Å². The van der Waals surface area contributed by atoms with E-state index in [9.17, 15) is 18.4 Å². The highest BCUT2D eigenvalue weighted by atomic mass is 19.4. The zero-order valence-electron chi connectivity index (χ0n) is 15.8. The van der Waals surface area contributed by atoms with E-state index in [1.807, 2.05) is 11.0 Å². The Kier molecular flexibility index (Phi) is 5.00. The molecule has 152 valence electrons. The molecule has 7 nitrogen and oxygen atoms in total. The van der Waals surface area contributed by atoms with Crippen LogP contribution in [0, 0.1) is 11.3 Å². The molecule has 4 rings (SSSR count). The van der Waals surface area contributed by atoms with E-state index in [-0.39, 0.29) is 11.9 Å². The standard InChI is InChI=1S/C19H19F3N6O/c1-27(17-7-16(19(20,21)22)24-11-25-17)14-2-4-28(9-14)18-12(8-23)6-13-10-29-5-3-15(13)26-18/h6-7,11,14H,2-5,9-10H2,1H3. The van der Waals surface area contributed by atoms with Crippen molar-refractivity contribution in [3.05, 3.63) is 41.0 Å². The van der Waals surface area contributed by atoms with E-state index in [1.165, 1.54) is 0 Å². The maximum atomic E-state index is 12.9. The van der Waals surface area contributed by atoms with Gasteiger partial charge in [0.2, 0.25) is 0 Å². The molecule has 1 fully saturated rings. The minimum atomic E-state index is -4.52. The Labute approximate surface area is 165 Å². The van der Waals surface area contributed by atoms with E-state index in [1.54, 1.807) is 11.9 Å². The topological polar surface area (TPSA) is 78.2 Å². The summed E-state index contributed by atoms with van der Waals surface area (Å²) in [5.74, 6) is 0.845. The number of rotatable bonds is 3. The number of nitriles is 1. The number of likely N-dealkylation sites (N-methyl/N-ethyl adjacent to an activating group) is 1. The number of hydrogen-bond acceptors (Lipinski definition) is 7. The molecule has 1 saturated heterocycles. The Morgan fingerprint density at radius 1 is 1.31 bits per heavy atom. The number of halogens is 3. The largest absolute Gasteiger partial charge is 0.433 e. The lowest BCUT2D eigenvalue weighted by Gasteiger charge is -2.27. The molecule has 0 aliphatic carbocycles. The second kappa shape index (κ2) is 7.48. The van der Waals surface area contributed by atoms with Crippen LogP contribution in [0.15, 0.2) is 18.5 Å². The molecule has 2 aromatic rings. The van der Waals surface area contributed by atoms with Crippen molar-refractivity contribution in [1.82, 2.24) is 15.0 Å². The van der Waals surface area contributed by atoms with E-state index in [4.69, 9.17) is 9.72 Å². The van der Waals surface area contributed by atoms with Crippen LogP contribution < -0.4 is 9.80 Å². The Bertz CT molecular complexity index is 958. The third-order valence-electron chi connectivity index (χ3n) is 5.35. The first-order valence-corrected chi connectivity index (χ1v) is 9.24. The lowest BCUT2D eigenvalue weighted by molar-refractivity contribution is -0.141. The summed E-state index contributed by atoms with van der Waals surface area (Å²) < 4.78 is 44.3. The fourth-order valence-corrected chi connectivity index (χ4v) is 3.73. The van der Waals surface area contributed by atoms with Gasteiger partial charge >= 0.3 is 6.18 Å². The van der Waals surface area contributed by atoms with Gasteiger partial charge < -0.3 is 14.5 Å². The third kappa shape index (κ3) is 3.82. The Morgan fingerprint density at radius 3 is 2.90 bits per heavy atom. The zero-order valence-corrected chi connectivity index (χ0v) is 15.8. The van der Waals surface area contributed by atoms with Crippen LogP contribution in [0.25, 0.3) is 0 Å². The molecule has 2 aliphatic heterocycles. The number of alkyl halides is 3. The summed E-state index contributed by atoms with van der Waals surface area (Å²) in [7, 11) is 1.72. The van der Waals surface area contributed by atoms with Gasteiger partial charge in [0.25, 0.3) is 0 Å². The first-order valence-electron chi connectivity index (χ1n) is 9.24. The van der Waals surface area contributed by atoms with Gasteiger partial charge in [-0.2, -0.15) is 18.4 Å². The molecule has 0 bridgehead atoms. The highest BCUT2D eigenvalue weighted by Crippen LogP contribution is 2.31. The molecular formula is C19H19F3N6O. The Morgan fingerprint density at radius 2 is 2.14 bits per heavy atom. The predicted octanol–water partition coefficient (Wildman–Crippen LogP) is 2.55. The fraction of sp³-hybridized carbons (Fsp3) is 0.474. The summed E-state index contributed by atoms with van der Waals surface area (Å²) in [5, 5.41) is 9.55. The van der Waals surface area contributed by atoms with Gasteiger partial charge in [-0.25, -0.2) is 15.0 Å². The van der Waals surface area contributed by atoms with Crippen LogP contribution in [0.5, 0.6) is 0 Å². The van der Waals surface area contributed by atoms with Gasteiger partial charge in [-0.05, 0) is 12.5 Å². The fourth-order valence-electron chi connectivity index (χ4n) is 3.73. The predicted molar refractivity (Wildman–Crippen MR) is 98.4 cm³/mol. The van der Waals surface area contributed by atoms with Crippen LogP contribution in [-0.2, 0) is 23.9 Å². The molecule has 0 radical (unpaired) electrons. The summed E-state index contributed by atoms with van der Waals surface area (Å²) in [6.07, 6.45) is -2.16. The molecular weight excluding hydrogens is 385 g/mol. The zero-order chi connectivity index (χ0) is 20.6. The van der Waals surface area contributed by atoms with Crippen molar-refractivity contribution in [2.45, 2.75) is 31.7 Å². The molecule has 0 aromatic carbocycles. The van der Waals surface area contributed by atoms with Crippen LogP contribution >= 0.6 is 0 Å². The first-order chi connectivity index (χ1) is 13.9. The van der Waals surface area contributed by atoms with E-state index in [0.29, 0.717) is 50.5 Å². The highest BCUT2D eigenvalue weighted by molar-refractivity contribution is 5.57. The number of nitrogens with zero attached hydrogens (tertiary/aromatic N) is 6. The summed E-state index contributed by atoms with van der Waals surface area (Å²) in [5.41, 5.74) is 1.39. The summed E-state index contributed by atoms with van der Waals surface area (Å²) >= 11 is 0. The van der Waals surface area contributed by atoms with Gasteiger partial charge in [0.15, 0.2) is 0 Å². The average molecular weight is 404 g/mol. The minimum absolute atomic E-state index is 0.0568. The second-order valence-corrected chi connectivity index (χ2v) is 7.14. The first kappa shape index (κ1) is 19.4. The molecule has 0 saturated carbocycles. The van der Waals surface area contributed by atoms with Crippen molar-refractivity contribution < 1.29 is 17.9 Å². The van der Waals surface area contributed by atoms with Gasteiger partial charge in [0.1, 0.15) is 29.7 Å². The molecule has 2 aromatic heterocycles. The van der Waals surface area contributed by atoms with Crippen LogP contribution in [0.4, 0.5) is 24.8 Å². The van der Waals surface area contributed by atoms with Crippen molar-refractivity contribution in [3.8, 4) is 6.07 Å². The van der Waals surface area contributed by atoms with Crippen LogP contribution in [0.3, 0.4) is 0 Å². The van der Waals surface area contributed by atoms with Crippen LogP contribution in [0.1, 0.15) is 28.9 Å². The monoisotopic (exact) mass is 404 g/mol. The molecule has 1 unspecified atom stereocenters. The van der Waals surface area contributed by atoms with Gasteiger partial charge in [-0.15, -0.1) is 0 Å². The van der Waals surface area contributed by atoms with Gasteiger partial charge in [-0.3, -0.25) is 0 Å². The summed E-state index contributed by atoms with van der Waals surface area (Å²) in [4.78, 5) is 15.8. The Balaban J connectivity index is 1.55. The van der Waals surface area contributed by atoms with Gasteiger partial charge in [0, 0.05) is 44.2 Å². The highest BCUT2D eigenvalue weighted by Gasteiger charge is 2.34. The number of hydrogen-bond donors (Lipinski definition) is 0. The number of anilines is 2. The molecule has 0 spiro atoms. The van der Waals surface area contributed by atoms with E-state index < -0.39 is 11.9 Å². The van der Waals surface area contributed by atoms with Crippen molar-refractivity contribution in [1.29, 1.82) is 5.26 Å². The second-order valence-electron chi connectivity index (χ2n) is 7.14. The molecule has 2 aliphatic rings. The molecule has 0 N–H and O–H groups in total. The Hall–Kier alpha value is -2.93. The van der Waals surface area contributed by atoms with Crippen molar-refractivity contribution in [2.24, 2.45) is 0 Å². The SMILES string of the molecule is CN(c1cc(C(F)(F)F)ncn1)C1CCN(c2nc3c(cc2C#N)COCC3)C1. The minimum Gasteiger partial charge on any atom is -0.376 e. The van der Waals surface area contributed by atoms with Crippen molar-refractivity contribution in [3.63, 3.8) is 0 Å². The number of fused-ring (bicyclic) bond motifs is 1. The smallest absolute Gasteiger partial charge is 0.376 e. The van der Waals surface area contributed by atoms with Crippen molar-refractivity contribution >= 4 is 11.6 Å². The summed E-state index contributed by atoms with van der Waals surface area (Å²) in [6.45, 7) is 2.26. The van der Waals surface area contributed by atoms with E-state index in [2.05, 4.69) is 16.0 Å². The molecule has 0 amide bonds. The number of pyridine rings is 1. The van der Waals surface area contributed by atoms with Crippen molar-refractivity contribution in [2.75, 3.05) is 36.5 Å².